The van der Waals surface area contributed by atoms with Crippen molar-refractivity contribution in [2.75, 3.05) is 17.3 Å². The monoisotopic (exact) mass is 307 g/mol. The molecule has 0 spiro atoms. The lowest BCUT2D eigenvalue weighted by Crippen LogP contribution is -2.39. The topological polar surface area (TPSA) is 29.1 Å². The Kier molecular flexibility index (Phi) is 4.61. The van der Waals surface area contributed by atoms with Crippen LogP contribution < -0.4 is 5.32 Å². The van der Waals surface area contributed by atoms with Gasteiger partial charge < -0.3 is 5.32 Å². The van der Waals surface area contributed by atoms with Crippen LogP contribution in [0, 0.1) is 12.8 Å². The maximum atomic E-state index is 12.4. The van der Waals surface area contributed by atoms with E-state index in [2.05, 4.69) is 36.5 Å². The molecule has 1 aromatic carbocycles. The van der Waals surface area contributed by atoms with Crippen molar-refractivity contribution in [2.45, 2.75) is 31.1 Å². The Labute approximate surface area is 129 Å². The Morgan fingerprint density at radius 3 is 2.60 bits per heavy atom. The van der Waals surface area contributed by atoms with Gasteiger partial charge in [-0.1, -0.05) is 29.8 Å². The summed E-state index contributed by atoms with van der Waals surface area (Å²) in [6.45, 7) is 2.10. The van der Waals surface area contributed by atoms with Gasteiger partial charge in [0.1, 0.15) is 0 Å². The van der Waals surface area contributed by atoms with Gasteiger partial charge in [-0.05, 0) is 31.2 Å². The number of nitrogens with one attached hydrogen (secondary N) is 1. The highest BCUT2D eigenvalue weighted by Crippen LogP contribution is 2.41. The Hall–Kier alpha value is -0.610. The van der Waals surface area contributed by atoms with E-state index in [1.807, 2.05) is 23.5 Å². The number of aryl methyl sites for hydroxylation is 1. The third-order valence-corrected chi connectivity index (χ3v) is 6.69. The zero-order valence-electron chi connectivity index (χ0n) is 11.8. The first-order valence-corrected chi connectivity index (χ1v) is 9.50. The van der Waals surface area contributed by atoms with Crippen LogP contribution in [0.1, 0.15) is 30.0 Å². The zero-order chi connectivity index (χ0) is 13.9. The van der Waals surface area contributed by atoms with Crippen LogP contribution in [0.15, 0.2) is 24.3 Å². The molecule has 1 aromatic rings. The summed E-state index contributed by atoms with van der Waals surface area (Å²) in [6, 6.07) is 8.84. The van der Waals surface area contributed by atoms with Gasteiger partial charge in [0.2, 0.25) is 5.91 Å². The number of amides is 1. The molecule has 20 heavy (non-hydrogen) atoms. The minimum absolute atomic E-state index is 0.139. The van der Waals surface area contributed by atoms with Crippen molar-refractivity contribution < 1.29 is 4.79 Å². The van der Waals surface area contributed by atoms with Gasteiger partial charge in [-0.2, -0.15) is 11.8 Å². The van der Waals surface area contributed by atoms with Crippen molar-refractivity contribution in [1.82, 2.24) is 5.32 Å². The van der Waals surface area contributed by atoms with E-state index < -0.39 is 0 Å². The fourth-order valence-corrected chi connectivity index (χ4v) is 5.13. The molecule has 1 aliphatic carbocycles. The van der Waals surface area contributed by atoms with Crippen molar-refractivity contribution in [3.05, 3.63) is 35.4 Å². The van der Waals surface area contributed by atoms with Crippen LogP contribution in [0.5, 0.6) is 0 Å². The maximum Gasteiger partial charge on any atom is 0.234 e. The molecule has 1 amide bonds. The van der Waals surface area contributed by atoms with Gasteiger partial charge >= 0.3 is 0 Å². The van der Waals surface area contributed by atoms with Crippen LogP contribution in [0.3, 0.4) is 0 Å². The fraction of sp³-hybridized carbons (Fsp3) is 0.562. The molecule has 2 nitrogen and oxygen atoms in total. The first-order valence-electron chi connectivity index (χ1n) is 7.30. The van der Waals surface area contributed by atoms with Crippen molar-refractivity contribution in [3.8, 4) is 0 Å². The minimum Gasteiger partial charge on any atom is -0.348 e. The largest absolute Gasteiger partial charge is 0.348 e. The number of rotatable bonds is 4. The molecule has 2 unspecified atom stereocenters. The first kappa shape index (κ1) is 14.3. The summed E-state index contributed by atoms with van der Waals surface area (Å²) in [5, 5.41) is 3.45. The zero-order valence-corrected chi connectivity index (χ0v) is 13.4. The molecule has 3 rings (SSSR count). The molecule has 1 aliphatic heterocycles. The average Bonchev–Trinajstić information content (AvgIpc) is 3.31. The third kappa shape index (κ3) is 3.53. The standard InChI is InChI=1S/C16H21NOS2/c1-11-2-4-12(5-3-11)15(13-6-7-13)17-16(18)14-10-19-8-9-20-14/h2-5,13-15H,6-10H2,1H3,(H,17,18). The van der Waals surface area contributed by atoms with Crippen LogP contribution in [0.2, 0.25) is 0 Å². The second-order valence-corrected chi connectivity index (χ2v) is 8.13. The second kappa shape index (κ2) is 6.44. The number of benzene rings is 1. The lowest BCUT2D eigenvalue weighted by molar-refractivity contribution is -0.121. The molecule has 0 aromatic heterocycles. The van der Waals surface area contributed by atoms with Gasteiger partial charge in [0.15, 0.2) is 0 Å². The van der Waals surface area contributed by atoms with Crippen molar-refractivity contribution >= 4 is 29.4 Å². The van der Waals surface area contributed by atoms with Gasteiger partial charge in [0.25, 0.3) is 0 Å². The quantitative estimate of drug-likeness (QED) is 0.924. The van der Waals surface area contributed by atoms with Crippen LogP contribution in [-0.4, -0.2) is 28.4 Å². The highest BCUT2D eigenvalue weighted by molar-refractivity contribution is 8.07. The molecule has 0 bridgehead atoms. The Morgan fingerprint density at radius 1 is 1.25 bits per heavy atom. The molecular formula is C16H21NOS2. The third-order valence-electron chi connectivity index (χ3n) is 3.94. The molecule has 2 atom stereocenters. The molecule has 2 fully saturated rings. The smallest absolute Gasteiger partial charge is 0.234 e. The number of hydrogen-bond donors (Lipinski definition) is 1. The molecule has 4 heteroatoms. The van der Waals surface area contributed by atoms with E-state index >= 15 is 0 Å². The Morgan fingerprint density at radius 2 is 2.00 bits per heavy atom. The van der Waals surface area contributed by atoms with E-state index in [1.165, 1.54) is 29.7 Å². The van der Waals surface area contributed by atoms with Crippen LogP contribution in [-0.2, 0) is 4.79 Å². The van der Waals surface area contributed by atoms with Crippen molar-refractivity contribution in [3.63, 3.8) is 0 Å². The summed E-state index contributed by atoms with van der Waals surface area (Å²) in [6.07, 6.45) is 2.48. The summed E-state index contributed by atoms with van der Waals surface area (Å²) < 4.78 is 0. The van der Waals surface area contributed by atoms with Crippen LogP contribution in [0.25, 0.3) is 0 Å². The number of hydrogen-bond acceptors (Lipinski definition) is 3. The van der Waals surface area contributed by atoms with Crippen molar-refractivity contribution in [2.24, 2.45) is 5.92 Å². The minimum atomic E-state index is 0.139. The molecule has 1 heterocycles. The van der Waals surface area contributed by atoms with Crippen LogP contribution in [0.4, 0.5) is 0 Å². The summed E-state index contributed by atoms with van der Waals surface area (Å²) in [5.41, 5.74) is 2.54. The highest BCUT2D eigenvalue weighted by Gasteiger charge is 2.35. The van der Waals surface area contributed by atoms with E-state index in [0.29, 0.717) is 5.92 Å². The highest BCUT2D eigenvalue weighted by atomic mass is 32.2. The van der Waals surface area contributed by atoms with E-state index in [4.69, 9.17) is 0 Å². The van der Waals surface area contributed by atoms with Gasteiger partial charge in [0.05, 0.1) is 11.3 Å². The van der Waals surface area contributed by atoms with E-state index in [0.717, 1.165) is 11.5 Å². The Bertz CT molecular complexity index is 464. The van der Waals surface area contributed by atoms with E-state index in [-0.39, 0.29) is 17.2 Å². The van der Waals surface area contributed by atoms with E-state index in [1.54, 1.807) is 0 Å². The number of thioether (sulfide) groups is 2. The predicted molar refractivity (Wildman–Crippen MR) is 88.4 cm³/mol. The number of carbonyl (C=O) groups is 1. The summed E-state index contributed by atoms with van der Waals surface area (Å²) in [5.74, 6) is 4.12. The molecule has 1 saturated carbocycles. The molecule has 108 valence electrons. The summed E-state index contributed by atoms with van der Waals surface area (Å²) in [7, 11) is 0. The number of carbonyl (C=O) groups excluding carboxylic acids is 1. The second-order valence-electron chi connectivity index (χ2n) is 5.67. The lowest BCUT2D eigenvalue weighted by Gasteiger charge is -2.25. The Balaban J connectivity index is 1.68. The SMILES string of the molecule is Cc1ccc(C(NC(=O)C2CSCCS2)C2CC2)cc1. The summed E-state index contributed by atoms with van der Waals surface area (Å²) in [4.78, 5) is 12.4. The average molecular weight is 307 g/mol. The molecule has 1 N–H and O–H groups in total. The predicted octanol–water partition coefficient (Wildman–Crippen LogP) is 3.41. The fourth-order valence-electron chi connectivity index (χ4n) is 2.56. The van der Waals surface area contributed by atoms with Crippen molar-refractivity contribution in [1.29, 1.82) is 0 Å². The van der Waals surface area contributed by atoms with Gasteiger partial charge in [-0.15, -0.1) is 11.8 Å². The molecule has 2 aliphatic rings. The maximum absolute atomic E-state index is 12.4. The molecular weight excluding hydrogens is 286 g/mol. The lowest BCUT2D eigenvalue weighted by atomic mass is 10.0. The first-order chi connectivity index (χ1) is 9.74. The van der Waals surface area contributed by atoms with E-state index in [9.17, 15) is 4.79 Å². The van der Waals surface area contributed by atoms with Crippen LogP contribution >= 0.6 is 23.5 Å². The molecule has 1 saturated heterocycles. The summed E-state index contributed by atoms with van der Waals surface area (Å²) >= 11 is 3.71. The van der Waals surface area contributed by atoms with Gasteiger partial charge in [0, 0.05) is 17.3 Å². The molecule has 0 radical (unpaired) electrons. The van der Waals surface area contributed by atoms with Gasteiger partial charge in [-0.3, -0.25) is 4.79 Å². The van der Waals surface area contributed by atoms with Gasteiger partial charge in [-0.25, -0.2) is 0 Å². The normalized spacial score (nSPS) is 24.1.